The van der Waals surface area contributed by atoms with Gasteiger partial charge in [-0.25, -0.2) is 0 Å². The molecule has 1 rings (SSSR count). The Balaban J connectivity index is 2.52. The van der Waals surface area contributed by atoms with Gasteiger partial charge in [0, 0.05) is 7.11 Å². The predicted molar refractivity (Wildman–Crippen MR) is 38.4 cm³/mol. The van der Waals surface area contributed by atoms with Crippen molar-refractivity contribution >= 4 is 11.6 Å². The van der Waals surface area contributed by atoms with Gasteiger partial charge in [-0.1, -0.05) is 0 Å². The van der Waals surface area contributed by atoms with E-state index in [1.54, 1.807) is 0 Å². The highest BCUT2D eigenvalue weighted by Crippen LogP contribution is 2.20. The van der Waals surface area contributed by atoms with Crippen molar-refractivity contribution in [1.82, 2.24) is 0 Å². The second-order valence-electron chi connectivity index (χ2n) is 2.44. The molecule has 0 aromatic carbocycles. The van der Waals surface area contributed by atoms with Crippen LogP contribution in [0.4, 0.5) is 0 Å². The van der Waals surface area contributed by atoms with Gasteiger partial charge in [-0.15, -0.1) is 11.6 Å². The van der Waals surface area contributed by atoms with Gasteiger partial charge >= 0.3 is 0 Å². The quantitative estimate of drug-likeness (QED) is 0.528. The molecular weight excluding hydrogens is 172 g/mol. The van der Waals surface area contributed by atoms with Crippen molar-refractivity contribution in [2.75, 3.05) is 13.7 Å². The van der Waals surface area contributed by atoms with Crippen LogP contribution in [0, 0.1) is 0 Å². The molecule has 4 nitrogen and oxygen atoms in total. The van der Waals surface area contributed by atoms with Gasteiger partial charge in [-0.3, -0.25) is 0 Å². The number of hydrogen-bond donors (Lipinski definition) is 2. The first-order chi connectivity index (χ1) is 5.16. The number of methoxy groups -OCH3 is 1. The van der Waals surface area contributed by atoms with Gasteiger partial charge in [0.15, 0.2) is 6.29 Å². The fourth-order valence-electron chi connectivity index (χ4n) is 0.955. The topological polar surface area (TPSA) is 58.9 Å². The normalized spacial score (nSPS) is 45.8. The van der Waals surface area contributed by atoms with E-state index in [4.69, 9.17) is 26.2 Å². The zero-order valence-electron chi connectivity index (χ0n) is 6.11. The molecular formula is C6H11ClO4. The highest BCUT2D eigenvalue weighted by atomic mass is 35.5. The lowest BCUT2D eigenvalue weighted by Gasteiger charge is -2.33. The molecule has 1 fully saturated rings. The Morgan fingerprint density at radius 2 is 2.18 bits per heavy atom. The molecule has 0 aliphatic carbocycles. The minimum absolute atomic E-state index is 0.0584. The number of halogens is 1. The summed E-state index contributed by atoms with van der Waals surface area (Å²) in [5.74, 6) is 0. The van der Waals surface area contributed by atoms with Crippen LogP contribution < -0.4 is 0 Å². The summed E-state index contributed by atoms with van der Waals surface area (Å²) in [7, 11) is 1.43. The molecule has 1 aliphatic rings. The third kappa shape index (κ3) is 1.83. The van der Waals surface area contributed by atoms with E-state index in [0.717, 1.165) is 0 Å². The molecule has 66 valence electrons. The number of ether oxygens (including phenoxy) is 2. The van der Waals surface area contributed by atoms with E-state index >= 15 is 0 Å². The zero-order valence-corrected chi connectivity index (χ0v) is 6.86. The molecule has 11 heavy (non-hydrogen) atoms. The third-order valence-electron chi connectivity index (χ3n) is 1.64. The van der Waals surface area contributed by atoms with E-state index in [9.17, 15) is 5.11 Å². The molecule has 1 aliphatic heterocycles. The molecule has 4 atom stereocenters. The van der Waals surface area contributed by atoms with Crippen LogP contribution in [0.3, 0.4) is 0 Å². The molecule has 1 saturated heterocycles. The van der Waals surface area contributed by atoms with E-state index < -0.39 is 23.9 Å². The third-order valence-corrected chi connectivity index (χ3v) is 2.11. The number of hydrogen-bond acceptors (Lipinski definition) is 4. The average molecular weight is 183 g/mol. The maximum Gasteiger partial charge on any atom is 0.176 e. The lowest BCUT2D eigenvalue weighted by atomic mass is 10.1. The molecule has 0 aromatic rings. The van der Waals surface area contributed by atoms with Crippen LogP contribution in [0.25, 0.3) is 0 Å². The monoisotopic (exact) mass is 182 g/mol. The van der Waals surface area contributed by atoms with Gasteiger partial charge in [0.2, 0.25) is 0 Å². The van der Waals surface area contributed by atoms with Crippen LogP contribution in [0.5, 0.6) is 0 Å². The fraction of sp³-hybridized carbons (Fsp3) is 1.00. The summed E-state index contributed by atoms with van der Waals surface area (Å²) in [6, 6.07) is 0. The highest BCUT2D eigenvalue weighted by molar-refractivity contribution is 6.21. The molecule has 0 radical (unpaired) electrons. The first-order valence-electron chi connectivity index (χ1n) is 3.31. The van der Waals surface area contributed by atoms with E-state index in [1.165, 1.54) is 7.11 Å². The van der Waals surface area contributed by atoms with Crippen molar-refractivity contribution in [2.45, 2.75) is 23.9 Å². The molecule has 0 bridgehead atoms. The Kier molecular flexibility index (Phi) is 3.09. The Hall–Kier alpha value is 0.130. The molecule has 0 unspecified atom stereocenters. The second-order valence-corrected chi connectivity index (χ2v) is 2.94. The average Bonchev–Trinajstić information content (AvgIpc) is 2.01. The minimum atomic E-state index is -0.977. The van der Waals surface area contributed by atoms with Crippen molar-refractivity contribution in [3.05, 3.63) is 0 Å². The van der Waals surface area contributed by atoms with Crippen molar-refractivity contribution in [2.24, 2.45) is 0 Å². The maximum absolute atomic E-state index is 9.21. The van der Waals surface area contributed by atoms with E-state index in [0.29, 0.717) is 0 Å². The van der Waals surface area contributed by atoms with Gasteiger partial charge in [0.1, 0.15) is 17.6 Å². The second kappa shape index (κ2) is 3.69. The molecule has 2 N–H and O–H groups in total. The minimum Gasteiger partial charge on any atom is -0.389 e. The van der Waals surface area contributed by atoms with Gasteiger partial charge in [-0.05, 0) is 0 Å². The van der Waals surface area contributed by atoms with Crippen LogP contribution >= 0.6 is 11.6 Å². The largest absolute Gasteiger partial charge is 0.389 e. The Morgan fingerprint density at radius 3 is 2.73 bits per heavy atom. The summed E-state index contributed by atoms with van der Waals surface area (Å²) in [5, 5.41) is 17.5. The first-order valence-corrected chi connectivity index (χ1v) is 3.75. The Bertz CT molecular complexity index is 130. The Labute approximate surface area is 69.7 Å². The zero-order chi connectivity index (χ0) is 8.43. The number of aliphatic hydroxyl groups excluding tert-OH is 2. The molecule has 0 saturated carbocycles. The van der Waals surface area contributed by atoms with Crippen LogP contribution in [0.2, 0.25) is 0 Å². The van der Waals surface area contributed by atoms with Gasteiger partial charge in [-0.2, -0.15) is 0 Å². The van der Waals surface area contributed by atoms with Crippen LogP contribution in [-0.4, -0.2) is 47.8 Å². The van der Waals surface area contributed by atoms with Crippen molar-refractivity contribution < 1.29 is 19.7 Å². The first kappa shape index (κ1) is 9.22. The maximum atomic E-state index is 9.21. The van der Waals surface area contributed by atoms with E-state index in [-0.39, 0.29) is 6.61 Å². The summed E-state index contributed by atoms with van der Waals surface area (Å²) in [4.78, 5) is 0. The summed E-state index contributed by atoms with van der Waals surface area (Å²) in [6.07, 6.45) is -2.52. The Morgan fingerprint density at radius 1 is 1.55 bits per heavy atom. The van der Waals surface area contributed by atoms with Crippen molar-refractivity contribution in [1.29, 1.82) is 0 Å². The van der Waals surface area contributed by atoms with Crippen molar-refractivity contribution in [3.63, 3.8) is 0 Å². The highest BCUT2D eigenvalue weighted by Gasteiger charge is 2.37. The summed E-state index contributed by atoms with van der Waals surface area (Å²) >= 11 is 5.67. The smallest absolute Gasteiger partial charge is 0.176 e. The van der Waals surface area contributed by atoms with E-state index in [1.807, 2.05) is 0 Å². The van der Waals surface area contributed by atoms with E-state index in [2.05, 4.69) is 0 Å². The van der Waals surface area contributed by atoms with Crippen LogP contribution in [0.15, 0.2) is 0 Å². The molecule has 0 spiro atoms. The predicted octanol–water partition coefficient (Wildman–Crippen LogP) is -0.682. The lowest BCUT2D eigenvalue weighted by Crippen LogP contribution is -2.50. The SMILES string of the molecule is CO[C@@H]1OC[C@@H](O)[C@H](O)[C@H]1Cl. The van der Waals surface area contributed by atoms with Crippen molar-refractivity contribution in [3.8, 4) is 0 Å². The summed E-state index contributed by atoms with van der Waals surface area (Å²) in [6.45, 7) is 0.0584. The lowest BCUT2D eigenvalue weighted by molar-refractivity contribution is -0.202. The number of alkyl halides is 1. The van der Waals surface area contributed by atoms with Crippen LogP contribution in [-0.2, 0) is 9.47 Å². The number of aliphatic hydroxyl groups is 2. The molecule has 0 aromatic heterocycles. The summed E-state index contributed by atoms with van der Waals surface area (Å²) in [5.41, 5.74) is 0. The molecule has 0 amide bonds. The van der Waals surface area contributed by atoms with Gasteiger partial charge < -0.3 is 19.7 Å². The fourth-order valence-corrected chi connectivity index (χ4v) is 1.30. The summed E-state index contributed by atoms with van der Waals surface area (Å²) < 4.78 is 9.75. The van der Waals surface area contributed by atoms with Gasteiger partial charge in [0.25, 0.3) is 0 Å². The van der Waals surface area contributed by atoms with Crippen LogP contribution in [0.1, 0.15) is 0 Å². The molecule has 5 heteroatoms. The van der Waals surface area contributed by atoms with Gasteiger partial charge in [0.05, 0.1) is 6.61 Å². The standard InChI is InChI=1S/C6H11ClO4/c1-10-6-4(7)5(9)3(8)2-11-6/h3-6,8-9H,2H2,1H3/t3-,4-,5+,6-/m1/s1. The molecule has 1 heterocycles. The number of rotatable bonds is 1.